The van der Waals surface area contributed by atoms with Crippen molar-refractivity contribution >= 4 is 11.8 Å². The molecule has 1 aromatic carbocycles. The van der Waals surface area contributed by atoms with Gasteiger partial charge < -0.3 is 4.74 Å². The number of carbonyl (C=O) groups excluding carboxylic acids is 2. The Morgan fingerprint density at radius 3 is 2.67 bits per heavy atom. The van der Waals surface area contributed by atoms with Crippen molar-refractivity contribution in [2.75, 3.05) is 13.7 Å². The topological polar surface area (TPSA) is 46.6 Å². The lowest BCUT2D eigenvalue weighted by molar-refractivity contribution is -0.147. The maximum Gasteiger partial charge on any atom is 0.317 e. The van der Waals surface area contributed by atoms with Crippen molar-refractivity contribution in [1.29, 1.82) is 0 Å². The van der Waals surface area contributed by atoms with Crippen LogP contribution < -0.4 is 0 Å². The Morgan fingerprint density at radius 1 is 1.39 bits per heavy atom. The van der Waals surface area contributed by atoms with Crippen molar-refractivity contribution in [3.63, 3.8) is 0 Å². The molecule has 0 spiro atoms. The van der Waals surface area contributed by atoms with Crippen LogP contribution in [0.3, 0.4) is 0 Å². The molecule has 96 valence electrons. The van der Waals surface area contributed by atoms with Gasteiger partial charge in [-0.05, 0) is 12.5 Å². The third kappa shape index (κ3) is 2.43. The van der Waals surface area contributed by atoms with Crippen molar-refractivity contribution in [3.05, 3.63) is 35.9 Å². The molecular formula is C14H17NO3. The Labute approximate surface area is 107 Å². The van der Waals surface area contributed by atoms with Crippen LogP contribution in [0.25, 0.3) is 0 Å². The lowest BCUT2D eigenvalue weighted by Gasteiger charge is -2.19. The SMILES string of the molecule is COC(=O)C1CN(Cc2ccccc2)C(C)C1=O. The molecule has 0 N–H and O–H groups in total. The first-order chi connectivity index (χ1) is 8.63. The Morgan fingerprint density at radius 2 is 2.06 bits per heavy atom. The minimum atomic E-state index is -0.631. The molecule has 1 aromatic rings. The smallest absolute Gasteiger partial charge is 0.317 e. The summed E-state index contributed by atoms with van der Waals surface area (Å²) in [7, 11) is 1.32. The molecule has 1 aliphatic heterocycles. The number of likely N-dealkylation sites (tertiary alicyclic amines) is 1. The van der Waals surface area contributed by atoms with Gasteiger partial charge in [-0.15, -0.1) is 0 Å². The Kier molecular flexibility index (Phi) is 3.77. The largest absolute Gasteiger partial charge is 0.468 e. The normalized spacial score (nSPS) is 24.2. The third-order valence-corrected chi connectivity index (χ3v) is 3.43. The molecule has 1 heterocycles. The Balaban J connectivity index is 2.07. The van der Waals surface area contributed by atoms with Crippen LogP contribution in [0.2, 0.25) is 0 Å². The van der Waals surface area contributed by atoms with Crippen LogP contribution in [0.4, 0.5) is 0 Å². The molecule has 2 atom stereocenters. The van der Waals surface area contributed by atoms with E-state index in [1.165, 1.54) is 7.11 Å². The van der Waals surface area contributed by atoms with Crippen LogP contribution in [-0.2, 0) is 20.9 Å². The Hall–Kier alpha value is -1.68. The van der Waals surface area contributed by atoms with Gasteiger partial charge >= 0.3 is 5.97 Å². The molecule has 1 fully saturated rings. The van der Waals surface area contributed by atoms with E-state index in [-0.39, 0.29) is 11.8 Å². The number of carbonyl (C=O) groups is 2. The highest BCUT2D eigenvalue weighted by molar-refractivity contribution is 6.03. The maximum absolute atomic E-state index is 12.0. The molecule has 0 amide bonds. The van der Waals surface area contributed by atoms with Crippen molar-refractivity contribution in [1.82, 2.24) is 4.90 Å². The minimum Gasteiger partial charge on any atom is -0.468 e. The van der Waals surface area contributed by atoms with Crippen LogP contribution in [0.1, 0.15) is 12.5 Å². The van der Waals surface area contributed by atoms with Crippen LogP contribution in [0.5, 0.6) is 0 Å². The van der Waals surface area contributed by atoms with Gasteiger partial charge in [-0.25, -0.2) is 0 Å². The second kappa shape index (κ2) is 5.31. The second-order valence-corrected chi connectivity index (χ2v) is 4.57. The van der Waals surface area contributed by atoms with Crippen LogP contribution >= 0.6 is 0 Å². The maximum atomic E-state index is 12.0. The molecule has 1 saturated heterocycles. The van der Waals surface area contributed by atoms with Crippen molar-refractivity contribution in [3.8, 4) is 0 Å². The highest BCUT2D eigenvalue weighted by Crippen LogP contribution is 2.22. The number of Topliss-reactive ketones (excluding diaryl/α,β-unsaturated/α-hetero) is 1. The fraction of sp³-hybridized carbons (Fsp3) is 0.429. The van der Waals surface area contributed by atoms with E-state index in [2.05, 4.69) is 4.74 Å². The molecule has 0 radical (unpaired) electrons. The predicted molar refractivity (Wildman–Crippen MR) is 66.8 cm³/mol. The molecule has 2 rings (SSSR count). The first-order valence-corrected chi connectivity index (χ1v) is 6.03. The van der Waals surface area contributed by atoms with E-state index >= 15 is 0 Å². The number of hydrogen-bond donors (Lipinski definition) is 0. The zero-order valence-corrected chi connectivity index (χ0v) is 10.6. The van der Waals surface area contributed by atoms with Gasteiger partial charge in [-0.1, -0.05) is 30.3 Å². The highest BCUT2D eigenvalue weighted by atomic mass is 16.5. The summed E-state index contributed by atoms with van der Waals surface area (Å²) in [4.78, 5) is 25.5. The zero-order chi connectivity index (χ0) is 13.1. The molecule has 0 aromatic heterocycles. The van der Waals surface area contributed by atoms with E-state index < -0.39 is 11.9 Å². The standard InChI is InChI=1S/C14H17NO3/c1-10-13(16)12(14(17)18-2)9-15(10)8-11-6-4-3-5-7-11/h3-7,10,12H,8-9H2,1-2H3. The Bertz CT molecular complexity index is 444. The van der Waals surface area contributed by atoms with Gasteiger partial charge in [-0.2, -0.15) is 0 Å². The average Bonchev–Trinajstić information content (AvgIpc) is 2.67. The van der Waals surface area contributed by atoms with Gasteiger partial charge in [0.05, 0.1) is 13.2 Å². The number of nitrogens with zero attached hydrogens (tertiary/aromatic N) is 1. The molecule has 4 heteroatoms. The summed E-state index contributed by atoms with van der Waals surface area (Å²) in [6, 6.07) is 9.70. The van der Waals surface area contributed by atoms with Crippen molar-refractivity contribution in [2.24, 2.45) is 5.92 Å². The molecule has 2 unspecified atom stereocenters. The number of ketones is 1. The first kappa shape index (κ1) is 12.8. The number of ether oxygens (including phenoxy) is 1. The summed E-state index contributed by atoms with van der Waals surface area (Å²) in [5.74, 6) is -1.10. The first-order valence-electron chi connectivity index (χ1n) is 6.03. The summed E-state index contributed by atoms with van der Waals surface area (Å²) in [6.45, 7) is 2.97. The monoisotopic (exact) mass is 247 g/mol. The lowest BCUT2D eigenvalue weighted by atomic mass is 10.1. The number of esters is 1. The molecule has 0 saturated carbocycles. The quantitative estimate of drug-likeness (QED) is 0.595. The van der Waals surface area contributed by atoms with Gasteiger partial charge in [0.1, 0.15) is 5.92 Å². The van der Waals surface area contributed by atoms with E-state index in [1.807, 2.05) is 42.2 Å². The van der Waals surface area contributed by atoms with Crippen molar-refractivity contribution < 1.29 is 14.3 Å². The van der Waals surface area contributed by atoms with Crippen molar-refractivity contribution in [2.45, 2.75) is 19.5 Å². The zero-order valence-electron chi connectivity index (χ0n) is 10.6. The predicted octanol–water partition coefficient (Wildman–Crippen LogP) is 1.25. The van der Waals surface area contributed by atoms with E-state index in [0.29, 0.717) is 13.1 Å². The third-order valence-electron chi connectivity index (χ3n) is 3.43. The van der Waals surface area contributed by atoms with E-state index in [1.54, 1.807) is 0 Å². The minimum absolute atomic E-state index is 0.0437. The van der Waals surface area contributed by atoms with Crippen LogP contribution in [-0.4, -0.2) is 36.3 Å². The molecular weight excluding hydrogens is 230 g/mol. The van der Waals surface area contributed by atoms with Gasteiger partial charge in [0.2, 0.25) is 0 Å². The number of rotatable bonds is 3. The second-order valence-electron chi connectivity index (χ2n) is 4.57. The summed E-state index contributed by atoms with van der Waals surface area (Å²) < 4.78 is 4.66. The van der Waals surface area contributed by atoms with Crippen LogP contribution in [0.15, 0.2) is 30.3 Å². The summed E-state index contributed by atoms with van der Waals surface area (Å²) in [5.41, 5.74) is 1.14. The fourth-order valence-corrected chi connectivity index (χ4v) is 2.31. The lowest BCUT2D eigenvalue weighted by Crippen LogP contribution is -2.29. The fourth-order valence-electron chi connectivity index (χ4n) is 2.31. The van der Waals surface area contributed by atoms with Gasteiger partial charge in [0, 0.05) is 13.1 Å². The molecule has 0 aliphatic carbocycles. The van der Waals surface area contributed by atoms with E-state index in [4.69, 9.17) is 0 Å². The number of hydrogen-bond acceptors (Lipinski definition) is 4. The summed E-state index contributed by atoms with van der Waals surface area (Å²) >= 11 is 0. The van der Waals surface area contributed by atoms with E-state index in [9.17, 15) is 9.59 Å². The summed E-state index contributed by atoms with van der Waals surface area (Å²) in [6.07, 6.45) is 0. The van der Waals surface area contributed by atoms with Gasteiger partial charge in [0.25, 0.3) is 0 Å². The average molecular weight is 247 g/mol. The summed E-state index contributed by atoms with van der Waals surface area (Å²) in [5, 5.41) is 0. The molecule has 0 bridgehead atoms. The molecule has 4 nitrogen and oxygen atoms in total. The van der Waals surface area contributed by atoms with E-state index in [0.717, 1.165) is 5.56 Å². The number of methoxy groups -OCH3 is 1. The molecule has 18 heavy (non-hydrogen) atoms. The molecule has 1 aliphatic rings. The highest BCUT2D eigenvalue weighted by Gasteiger charge is 2.42. The van der Waals surface area contributed by atoms with Gasteiger partial charge in [0.15, 0.2) is 5.78 Å². The van der Waals surface area contributed by atoms with Crippen LogP contribution in [0, 0.1) is 5.92 Å². The van der Waals surface area contributed by atoms with Gasteiger partial charge in [-0.3, -0.25) is 14.5 Å². The number of benzene rings is 1.